The molecule has 0 radical (unpaired) electrons. The minimum Gasteiger partial charge on any atom is -0.456 e. The van der Waals surface area contributed by atoms with Crippen molar-refractivity contribution in [2.75, 3.05) is 6.79 Å². The predicted octanol–water partition coefficient (Wildman–Crippen LogP) is 4.91. The molecule has 6 heteroatoms. The Morgan fingerprint density at radius 2 is 1.00 bits per heavy atom. The summed E-state index contributed by atoms with van der Waals surface area (Å²) in [5, 5.41) is 0. The summed E-state index contributed by atoms with van der Waals surface area (Å²) in [6.45, 7) is 11.5. The molecule has 148 valence electrons. The van der Waals surface area contributed by atoms with Crippen LogP contribution in [0.4, 0.5) is 0 Å². The highest BCUT2D eigenvalue weighted by molar-refractivity contribution is 7.86. The van der Waals surface area contributed by atoms with Gasteiger partial charge >= 0.3 is 0 Å². The summed E-state index contributed by atoms with van der Waals surface area (Å²) in [7, 11) is -2.43. The molecule has 0 N–H and O–H groups in total. The Bertz CT molecular complexity index is 763. The highest BCUT2D eigenvalue weighted by Gasteiger charge is 2.25. The summed E-state index contributed by atoms with van der Waals surface area (Å²) in [4.78, 5) is 1.28. The van der Waals surface area contributed by atoms with Gasteiger partial charge in [0.1, 0.15) is 11.5 Å². The molecule has 0 aromatic heterocycles. The topological polar surface area (TPSA) is 52.6 Å². The van der Waals surface area contributed by atoms with Crippen molar-refractivity contribution < 1.29 is 17.9 Å². The number of rotatable bonds is 6. The molecule has 0 spiro atoms. The van der Waals surface area contributed by atoms with Gasteiger partial charge in [-0.2, -0.15) is 0 Å². The molecular weight excluding hydrogens is 380 g/mol. The van der Waals surface area contributed by atoms with Gasteiger partial charge in [0.25, 0.3) is 0 Å². The van der Waals surface area contributed by atoms with E-state index in [1.165, 1.54) is 0 Å². The predicted molar refractivity (Wildman–Crippen MR) is 111 cm³/mol. The van der Waals surface area contributed by atoms with E-state index in [0.29, 0.717) is 21.3 Å². The van der Waals surface area contributed by atoms with Crippen molar-refractivity contribution in [1.29, 1.82) is 0 Å². The second-order valence-electron chi connectivity index (χ2n) is 8.06. The smallest absolute Gasteiger partial charge is 0.231 e. The quantitative estimate of drug-likeness (QED) is 0.637. The van der Waals surface area contributed by atoms with Crippen molar-refractivity contribution in [2.45, 2.75) is 60.8 Å². The van der Waals surface area contributed by atoms with Gasteiger partial charge in [0.15, 0.2) is 0 Å². The molecule has 2 aromatic carbocycles. The van der Waals surface area contributed by atoms with Crippen LogP contribution in [0.3, 0.4) is 0 Å². The van der Waals surface area contributed by atoms with E-state index in [1.54, 1.807) is 24.3 Å². The van der Waals surface area contributed by atoms with Crippen molar-refractivity contribution in [1.82, 2.24) is 0 Å². The van der Waals surface area contributed by atoms with Crippen LogP contribution in [0.15, 0.2) is 58.3 Å². The van der Waals surface area contributed by atoms with E-state index in [9.17, 15) is 8.42 Å². The third kappa shape index (κ3) is 5.66. The number of ether oxygens (including phenoxy) is 2. The summed E-state index contributed by atoms with van der Waals surface area (Å²) < 4.78 is 36.2. The lowest BCUT2D eigenvalue weighted by atomic mass is 10.3. The molecule has 0 fully saturated rings. The molecule has 4 nitrogen and oxygen atoms in total. The van der Waals surface area contributed by atoms with E-state index in [0.717, 1.165) is 0 Å². The van der Waals surface area contributed by atoms with E-state index >= 15 is 0 Å². The van der Waals surface area contributed by atoms with Crippen LogP contribution in [0.2, 0.25) is 0 Å². The van der Waals surface area contributed by atoms with Crippen LogP contribution >= 0.6 is 0 Å². The zero-order chi connectivity index (χ0) is 20.2. The van der Waals surface area contributed by atoms with Crippen LogP contribution < -0.4 is 9.47 Å². The first-order chi connectivity index (χ1) is 12.5. The van der Waals surface area contributed by atoms with Crippen LogP contribution in [0.1, 0.15) is 41.5 Å². The van der Waals surface area contributed by atoms with Crippen molar-refractivity contribution in [3.05, 3.63) is 48.5 Å². The van der Waals surface area contributed by atoms with E-state index in [2.05, 4.69) is 0 Å². The normalized spacial score (nSPS) is 14.4. The molecule has 0 aliphatic carbocycles. The summed E-state index contributed by atoms with van der Waals surface area (Å²) in [5.41, 5.74) is 0. The Morgan fingerprint density at radius 1 is 0.667 bits per heavy atom. The standard InChI is InChI=1S/C21H28O4S2/c1-20(2,3)26(22)18-13-9-7-11-16(18)24-15-25-17-12-8-10-14-19(17)27(23)21(4,5)6/h7-14H,15H2,1-6H3/t26-,27-/m0/s1. The highest BCUT2D eigenvalue weighted by Crippen LogP contribution is 2.30. The summed E-state index contributed by atoms with van der Waals surface area (Å²) in [5.74, 6) is 1.06. The summed E-state index contributed by atoms with van der Waals surface area (Å²) >= 11 is 0. The van der Waals surface area contributed by atoms with Gasteiger partial charge in [0.05, 0.1) is 31.4 Å². The van der Waals surface area contributed by atoms with Crippen LogP contribution in [0, 0.1) is 0 Å². The molecule has 2 rings (SSSR count). The number of hydrogen-bond acceptors (Lipinski definition) is 4. The first-order valence-electron chi connectivity index (χ1n) is 8.79. The lowest BCUT2D eigenvalue weighted by molar-refractivity contribution is 0.114. The second kappa shape index (κ2) is 8.57. The first-order valence-corrected chi connectivity index (χ1v) is 11.1. The van der Waals surface area contributed by atoms with Crippen molar-refractivity contribution in [3.63, 3.8) is 0 Å². The highest BCUT2D eigenvalue weighted by atomic mass is 32.2. The number of hydrogen-bond donors (Lipinski definition) is 0. The summed E-state index contributed by atoms with van der Waals surface area (Å²) in [6.07, 6.45) is 0. The van der Waals surface area contributed by atoms with Gasteiger partial charge in [-0.3, -0.25) is 8.42 Å². The molecule has 0 bridgehead atoms. The maximum atomic E-state index is 12.7. The maximum absolute atomic E-state index is 12.7. The van der Waals surface area contributed by atoms with E-state index in [1.807, 2.05) is 65.8 Å². The Morgan fingerprint density at radius 3 is 1.33 bits per heavy atom. The van der Waals surface area contributed by atoms with Crippen molar-refractivity contribution in [3.8, 4) is 11.5 Å². The van der Waals surface area contributed by atoms with Crippen molar-refractivity contribution in [2.24, 2.45) is 0 Å². The second-order valence-corrected chi connectivity index (χ2v) is 12.5. The molecule has 0 saturated heterocycles. The largest absolute Gasteiger partial charge is 0.456 e. The Labute approximate surface area is 167 Å². The zero-order valence-corrected chi connectivity index (χ0v) is 18.4. The molecule has 2 atom stereocenters. The number of para-hydroxylation sites is 2. The fraction of sp³-hybridized carbons (Fsp3) is 0.429. The lowest BCUT2D eigenvalue weighted by Crippen LogP contribution is -2.23. The maximum Gasteiger partial charge on any atom is 0.231 e. The average molecular weight is 409 g/mol. The van der Waals surface area contributed by atoms with Gasteiger partial charge in [-0.15, -0.1) is 0 Å². The SMILES string of the molecule is CC(C)(C)[S@@](=O)c1ccccc1OCOc1ccccc1[S@](=O)C(C)(C)C. The monoisotopic (exact) mass is 408 g/mol. The first kappa shape index (κ1) is 21.6. The molecule has 27 heavy (non-hydrogen) atoms. The summed E-state index contributed by atoms with van der Waals surface area (Å²) in [6, 6.07) is 14.5. The minimum absolute atomic E-state index is 0.0588. The molecule has 0 aliphatic heterocycles. The number of benzene rings is 2. The Balaban J connectivity index is 2.15. The van der Waals surface area contributed by atoms with E-state index in [-0.39, 0.29) is 6.79 Å². The molecule has 0 heterocycles. The molecule has 0 aliphatic rings. The molecular formula is C21H28O4S2. The van der Waals surface area contributed by atoms with Crippen LogP contribution in [-0.4, -0.2) is 24.7 Å². The third-order valence-corrected chi connectivity index (χ3v) is 7.34. The third-order valence-electron chi connectivity index (χ3n) is 3.64. The van der Waals surface area contributed by atoms with Crippen LogP contribution in [0.5, 0.6) is 11.5 Å². The van der Waals surface area contributed by atoms with E-state index in [4.69, 9.17) is 9.47 Å². The van der Waals surface area contributed by atoms with Gasteiger partial charge in [-0.25, -0.2) is 0 Å². The van der Waals surface area contributed by atoms with Gasteiger partial charge in [0.2, 0.25) is 6.79 Å². The van der Waals surface area contributed by atoms with E-state index < -0.39 is 31.1 Å². The van der Waals surface area contributed by atoms with Gasteiger partial charge in [0, 0.05) is 9.49 Å². The lowest BCUT2D eigenvalue weighted by Gasteiger charge is -2.21. The molecule has 2 aromatic rings. The van der Waals surface area contributed by atoms with Crippen LogP contribution in [-0.2, 0) is 21.6 Å². The Hall–Kier alpha value is -1.66. The Kier molecular flexibility index (Phi) is 6.87. The fourth-order valence-corrected chi connectivity index (χ4v) is 4.60. The fourth-order valence-electron chi connectivity index (χ4n) is 2.26. The van der Waals surface area contributed by atoms with Gasteiger partial charge < -0.3 is 9.47 Å². The zero-order valence-electron chi connectivity index (χ0n) is 16.8. The minimum atomic E-state index is -1.21. The average Bonchev–Trinajstić information content (AvgIpc) is 2.60. The van der Waals surface area contributed by atoms with Crippen LogP contribution in [0.25, 0.3) is 0 Å². The molecule has 0 amide bonds. The van der Waals surface area contributed by atoms with Gasteiger partial charge in [-0.1, -0.05) is 24.3 Å². The molecule has 0 unspecified atom stereocenters. The van der Waals surface area contributed by atoms with Gasteiger partial charge in [-0.05, 0) is 65.8 Å². The van der Waals surface area contributed by atoms with Crippen molar-refractivity contribution >= 4 is 21.6 Å². The molecule has 0 saturated carbocycles.